The summed E-state index contributed by atoms with van der Waals surface area (Å²) in [5.41, 5.74) is 4.01. The molecule has 0 bridgehead atoms. The van der Waals surface area contributed by atoms with Crippen LogP contribution in [-0.4, -0.2) is 28.7 Å². The maximum atomic E-state index is 13.8. The minimum Gasteiger partial charge on any atom is -0.466 e. The SMILES string of the molecule is CCOC(=O)CCc1c(C)cc(-c2nnc(NC(=O)c3ccccc3F)s2)cc1C. The van der Waals surface area contributed by atoms with Crippen molar-refractivity contribution in [2.45, 2.75) is 33.6 Å². The van der Waals surface area contributed by atoms with E-state index in [1.807, 2.05) is 26.0 Å². The van der Waals surface area contributed by atoms with Crippen LogP contribution in [-0.2, 0) is 16.0 Å². The molecule has 1 amide bonds. The summed E-state index contributed by atoms with van der Waals surface area (Å²) in [4.78, 5) is 23.9. The Morgan fingerprint density at radius 1 is 1.13 bits per heavy atom. The molecule has 0 fully saturated rings. The first-order valence-corrected chi connectivity index (χ1v) is 10.4. The Morgan fingerprint density at radius 3 is 2.50 bits per heavy atom. The van der Waals surface area contributed by atoms with Gasteiger partial charge in [-0.05, 0) is 68.1 Å². The number of carbonyl (C=O) groups excluding carboxylic acids is 2. The van der Waals surface area contributed by atoms with Crippen molar-refractivity contribution in [3.8, 4) is 10.6 Å². The van der Waals surface area contributed by atoms with Gasteiger partial charge in [-0.3, -0.25) is 14.9 Å². The first-order valence-electron chi connectivity index (χ1n) is 9.54. The van der Waals surface area contributed by atoms with Gasteiger partial charge in [0.1, 0.15) is 10.8 Å². The van der Waals surface area contributed by atoms with E-state index in [9.17, 15) is 14.0 Å². The van der Waals surface area contributed by atoms with Crippen LogP contribution in [0.4, 0.5) is 9.52 Å². The summed E-state index contributed by atoms with van der Waals surface area (Å²) in [5.74, 6) is -1.37. The molecule has 3 rings (SSSR count). The number of ether oxygens (including phenoxy) is 1. The molecule has 156 valence electrons. The fourth-order valence-electron chi connectivity index (χ4n) is 3.17. The van der Waals surface area contributed by atoms with Crippen LogP contribution in [0.25, 0.3) is 10.6 Å². The largest absolute Gasteiger partial charge is 0.466 e. The van der Waals surface area contributed by atoms with E-state index in [0.717, 1.165) is 22.3 Å². The highest BCUT2D eigenvalue weighted by Gasteiger charge is 2.16. The molecule has 2 aromatic carbocycles. The highest BCUT2D eigenvalue weighted by atomic mass is 32.1. The fourth-order valence-corrected chi connectivity index (χ4v) is 3.90. The van der Waals surface area contributed by atoms with Gasteiger partial charge in [-0.25, -0.2) is 4.39 Å². The van der Waals surface area contributed by atoms with E-state index in [1.54, 1.807) is 13.0 Å². The van der Waals surface area contributed by atoms with Gasteiger partial charge in [-0.2, -0.15) is 0 Å². The summed E-state index contributed by atoms with van der Waals surface area (Å²) in [7, 11) is 0. The van der Waals surface area contributed by atoms with Crippen molar-refractivity contribution in [1.82, 2.24) is 10.2 Å². The van der Waals surface area contributed by atoms with Gasteiger partial charge in [-0.15, -0.1) is 10.2 Å². The Balaban J connectivity index is 1.74. The molecule has 0 spiro atoms. The van der Waals surface area contributed by atoms with Crippen LogP contribution in [0, 0.1) is 19.7 Å². The Labute approximate surface area is 178 Å². The lowest BCUT2D eigenvalue weighted by molar-refractivity contribution is -0.143. The zero-order chi connectivity index (χ0) is 21.7. The van der Waals surface area contributed by atoms with Crippen LogP contribution >= 0.6 is 11.3 Å². The Morgan fingerprint density at radius 2 is 1.83 bits per heavy atom. The number of rotatable bonds is 7. The lowest BCUT2D eigenvalue weighted by atomic mass is 9.96. The zero-order valence-electron chi connectivity index (χ0n) is 17.0. The second-order valence-corrected chi connectivity index (χ2v) is 7.72. The average molecular weight is 428 g/mol. The Bertz CT molecular complexity index is 1060. The lowest BCUT2D eigenvalue weighted by Crippen LogP contribution is -2.13. The van der Waals surface area contributed by atoms with Crippen LogP contribution in [0.1, 0.15) is 40.4 Å². The molecule has 3 aromatic rings. The molecule has 0 aliphatic rings. The molecule has 0 aliphatic carbocycles. The number of carbonyl (C=O) groups is 2. The number of aryl methyl sites for hydroxylation is 2. The van der Waals surface area contributed by atoms with E-state index < -0.39 is 11.7 Å². The Hall–Kier alpha value is -3.13. The molecule has 0 aliphatic heterocycles. The van der Waals surface area contributed by atoms with Gasteiger partial charge in [0.15, 0.2) is 0 Å². The number of amides is 1. The number of nitrogens with one attached hydrogen (secondary N) is 1. The molecule has 0 atom stereocenters. The molecule has 1 aromatic heterocycles. The minimum atomic E-state index is -0.593. The molecule has 30 heavy (non-hydrogen) atoms. The summed E-state index contributed by atoms with van der Waals surface area (Å²) < 4.78 is 18.8. The third-order valence-corrected chi connectivity index (χ3v) is 5.48. The van der Waals surface area contributed by atoms with Gasteiger partial charge in [-0.1, -0.05) is 23.5 Å². The number of hydrogen-bond donors (Lipinski definition) is 1. The van der Waals surface area contributed by atoms with Crippen LogP contribution in [0.15, 0.2) is 36.4 Å². The highest BCUT2D eigenvalue weighted by molar-refractivity contribution is 7.18. The summed E-state index contributed by atoms with van der Waals surface area (Å²) in [6.45, 7) is 6.14. The predicted molar refractivity (Wildman–Crippen MR) is 114 cm³/mol. The smallest absolute Gasteiger partial charge is 0.306 e. The van der Waals surface area contributed by atoms with E-state index in [2.05, 4.69) is 15.5 Å². The van der Waals surface area contributed by atoms with E-state index >= 15 is 0 Å². The van der Waals surface area contributed by atoms with Crippen molar-refractivity contribution in [2.24, 2.45) is 0 Å². The van der Waals surface area contributed by atoms with Gasteiger partial charge in [0, 0.05) is 12.0 Å². The summed E-state index contributed by atoms with van der Waals surface area (Å²) in [5, 5.41) is 11.7. The average Bonchev–Trinajstić information content (AvgIpc) is 3.16. The first-order chi connectivity index (χ1) is 14.4. The topological polar surface area (TPSA) is 81.2 Å². The lowest BCUT2D eigenvalue weighted by Gasteiger charge is -2.11. The maximum Gasteiger partial charge on any atom is 0.306 e. The summed E-state index contributed by atoms with van der Waals surface area (Å²) in [6.07, 6.45) is 0.941. The molecule has 6 nitrogen and oxygen atoms in total. The van der Waals surface area contributed by atoms with Crippen molar-refractivity contribution in [3.05, 3.63) is 64.5 Å². The number of anilines is 1. The van der Waals surface area contributed by atoms with E-state index in [4.69, 9.17) is 4.74 Å². The van der Waals surface area contributed by atoms with Crippen LogP contribution in [0.2, 0.25) is 0 Å². The van der Waals surface area contributed by atoms with Crippen LogP contribution in [0.3, 0.4) is 0 Å². The molecule has 0 unspecified atom stereocenters. The molecule has 0 saturated heterocycles. The van der Waals surface area contributed by atoms with E-state index in [0.29, 0.717) is 29.6 Å². The van der Waals surface area contributed by atoms with Crippen LogP contribution in [0.5, 0.6) is 0 Å². The number of benzene rings is 2. The Kier molecular flexibility index (Phi) is 6.89. The highest BCUT2D eigenvalue weighted by Crippen LogP contribution is 2.30. The minimum absolute atomic E-state index is 0.0492. The summed E-state index contributed by atoms with van der Waals surface area (Å²) >= 11 is 1.21. The third kappa shape index (κ3) is 5.07. The monoisotopic (exact) mass is 427 g/mol. The first kappa shape index (κ1) is 21.6. The molecular formula is C22H22FN3O3S. The zero-order valence-corrected chi connectivity index (χ0v) is 17.8. The number of esters is 1. The van der Waals surface area contributed by atoms with Gasteiger partial charge in [0.25, 0.3) is 5.91 Å². The van der Waals surface area contributed by atoms with E-state index in [-0.39, 0.29) is 11.5 Å². The van der Waals surface area contributed by atoms with Gasteiger partial charge in [0.2, 0.25) is 5.13 Å². The second kappa shape index (κ2) is 9.58. The number of aromatic nitrogens is 2. The van der Waals surface area contributed by atoms with Crippen molar-refractivity contribution in [1.29, 1.82) is 0 Å². The quantitative estimate of drug-likeness (QED) is 0.553. The van der Waals surface area contributed by atoms with Crippen molar-refractivity contribution >= 4 is 28.3 Å². The summed E-state index contributed by atoms with van der Waals surface area (Å²) in [6, 6.07) is 9.73. The third-order valence-electron chi connectivity index (χ3n) is 4.59. The fraction of sp³-hybridized carbons (Fsp3) is 0.273. The van der Waals surface area contributed by atoms with E-state index in [1.165, 1.54) is 29.5 Å². The molecule has 1 heterocycles. The molecule has 1 N–H and O–H groups in total. The number of hydrogen-bond acceptors (Lipinski definition) is 6. The molecule has 0 radical (unpaired) electrons. The van der Waals surface area contributed by atoms with Gasteiger partial charge >= 0.3 is 5.97 Å². The normalized spacial score (nSPS) is 10.7. The number of nitrogens with zero attached hydrogens (tertiary/aromatic N) is 2. The second-order valence-electron chi connectivity index (χ2n) is 6.74. The van der Waals surface area contributed by atoms with Crippen molar-refractivity contribution in [3.63, 3.8) is 0 Å². The number of halogens is 1. The van der Waals surface area contributed by atoms with Crippen LogP contribution < -0.4 is 5.32 Å². The molecule has 8 heteroatoms. The van der Waals surface area contributed by atoms with Gasteiger partial charge < -0.3 is 4.74 Å². The maximum absolute atomic E-state index is 13.8. The molecule has 0 saturated carbocycles. The standard InChI is InChI=1S/C22H22FN3O3S/c1-4-29-19(27)10-9-16-13(2)11-15(12-14(16)3)21-25-26-22(30-21)24-20(28)17-7-5-6-8-18(17)23/h5-8,11-12H,4,9-10H2,1-3H3,(H,24,26,28). The van der Waals surface area contributed by atoms with Gasteiger partial charge in [0.05, 0.1) is 12.2 Å². The molecular weight excluding hydrogens is 405 g/mol. The predicted octanol–water partition coefficient (Wildman–Crippen LogP) is 4.71. The van der Waals surface area contributed by atoms with Crippen molar-refractivity contribution < 1.29 is 18.7 Å². The van der Waals surface area contributed by atoms with Crippen molar-refractivity contribution in [2.75, 3.05) is 11.9 Å².